The molecule has 6 heteroatoms. The van der Waals surface area contributed by atoms with Gasteiger partial charge in [-0.3, -0.25) is 0 Å². The van der Waals surface area contributed by atoms with Gasteiger partial charge in [-0.2, -0.15) is 4.31 Å². The fourth-order valence-corrected chi connectivity index (χ4v) is 4.31. The zero-order valence-electron chi connectivity index (χ0n) is 10.6. The molecular formula is C13H16BrNO3S. The molecule has 0 spiro atoms. The number of halogens is 1. The molecule has 0 amide bonds. The molecule has 0 atom stereocenters. The van der Waals surface area contributed by atoms with Crippen molar-refractivity contribution in [2.75, 3.05) is 13.1 Å². The first-order valence-corrected chi connectivity index (χ1v) is 8.23. The molecular weight excluding hydrogens is 330 g/mol. The molecule has 1 aromatic rings. The van der Waals surface area contributed by atoms with Gasteiger partial charge in [-0.05, 0) is 47.0 Å². The second-order valence-electron chi connectivity index (χ2n) is 4.59. The average molecular weight is 346 g/mol. The summed E-state index contributed by atoms with van der Waals surface area (Å²) in [5.74, 6) is 0. The molecule has 0 radical (unpaired) electrons. The maximum Gasteiger partial charge on any atom is 0.244 e. The van der Waals surface area contributed by atoms with E-state index in [1.165, 1.54) is 15.9 Å². The Kier molecular flexibility index (Phi) is 4.45. The molecule has 0 aliphatic carbocycles. The molecule has 1 aromatic carbocycles. The van der Waals surface area contributed by atoms with Crippen molar-refractivity contribution in [2.24, 2.45) is 0 Å². The molecule has 1 N–H and O–H groups in total. The van der Waals surface area contributed by atoms with Gasteiger partial charge >= 0.3 is 0 Å². The summed E-state index contributed by atoms with van der Waals surface area (Å²) in [4.78, 5) is 0.215. The molecule has 1 aliphatic heterocycles. The van der Waals surface area contributed by atoms with Crippen LogP contribution in [0, 0.1) is 0 Å². The monoisotopic (exact) mass is 345 g/mol. The van der Waals surface area contributed by atoms with E-state index in [0.717, 1.165) is 6.42 Å². The molecule has 0 unspecified atom stereocenters. The molecule has 0 bridgehead atoms. The number of benzene rings is 1. The van der Waals surface area contributed by atoms with Crippen molar-refractivity contribution in [3.8, 4) is 0 Å². The Bertz CT molecular complexity index is 610. The highest BCUT2D eigenvalue weighted by molar-refractivity contribution is 9.10. The minimum Gasteiger partial charge on any atom is -0.392 e. The van der Waals surface area contributed by atoms with Gasteiger partial charge in [0.05, 0.1) is 11.5 Å². The van der Waals surface area contributed by atoms with Crippen LogP contribution < -0.4 is 0 Å². The van der Waals surface area contributed by atoms with Crippen LogP contribution in [0.4, 0.5) is 0 Å². The van der Waals surface area contributed by atoms with Crippen molar-refractivity contribution in [3.05, 3.63) is 39.9 Å². The molecule has 104 valence electrons. The quantitative estimate of drug-likeness (QED) is 0.855. The van der Waals surface area contributed by atoms with E-state index in [-0.39, 0.29) is 11.5 Å². The fraction of sp³-hybridized carbons (Fsp3) is 0.385. The third kappa shape index (κ3) is 3.08. The van der Waals surface area contributed by atoms with Gasteiger partial charge in [0.15, 0.2) is 0 Å². The van der Waals surface area contributed by atoms with Crippen molar-refractivity contribution in [1.82, 2.24) is 4.31 Å². The molecule has 4 nitrogen and oxygen atoms in total. The Morgan fingerprint density at radius 3 is 2.74 bits per heavy atom. The van der Waals surface area contributed by atoms with E-state index in [4.69, 9.17) is 5.11 Å². The fourth-order valence-electron chi connectivity index (χ4n) is 1.95. The van der Waals surface area contributed by atoms with Gasteiger partial charge in [-0.1, -0.05) is 17.7 Å². The van der Waals surface area contributed by atoms with Crippen LogP contribution in [0.5, 0.6) is 0 Å². The second-order valence-corrected chi connectivity index (χ2v) is 7.35. The van der Waals surface area contributed by atoms with Crippen LogP contribution in [-0.4, -0.2) is 30.9 Å². The summed E-state index contributed by atoms with van der Waals surface area (Å²) in [6, 6.07) is 4.87. The van der Waals surface area contributed by atoms with E-state index in [1.54, 1.807) is 12.1 Å². The van der Waals surface area contributed by atoms with Crippen LogP contribution in [0.2, 0.25) is 0 Å². The van der Waals surface area contributed by atoms with Gasteiger partial charge in [0.2, 0.25) is 10.0 Å². The highest BCUT2D eigenvalue weighted by Gasteiger charge is 2.27. The minimum atomic E-state index is -3.52. The van der Waals surface area contributed by atoms with Crippen molar-refractivity contribution in [2.45, 2.75) is 24.8 Å². The number of nitrogens with zero attached hydrogens (tertiary/aromatic N) is 1. The van der Waals surface area contributed by atoms with E-state index in [9.17, 15) is 8.42 Å². The highest BCUT2D eigenvalue weighted by Crippen LogP contribution is 2.28. The number of aliphatic hydroxyl groups is 1. The molecule has 0 saturated heterocycles. The summed E-state index contributed by atoms with van der Waals surface area (Å²) in [6.45, 7) is 2.74. The Labute approximate surface area is 121 Å². The van der Waals surface area contributed by atoms with Crippen LogP contribution in [0.25, 0.3) is 0 Å². The highest BCUT2D eigenvalue weighted by atomic mass is 79.9. The Morgan fingerprint density at radius 2 is 2.16 bits per heavy atom. The summed E-state index contributed by atoms with van der Waals surface area (Å²) in [5.41, 5.74) is 1.81. The molecule has 19 heavy (non-hydrogen) atoms. The number of aliphatic hydroxyl groups excluding tert-OH is 1. The first-order chi connectivity index (χ1) is 8.95. The lowest BCUT2D eigenvalue weighted by Crippen LogP contribution is -2.34. The largest absolute Gasteiger partial charge is 0.392 e. The number of hydrogen-bond donors (Lipinski definition) is 1. The first kappa shape index (κ1) is 14.7. The normalized spacial score (nSPS) is 17.3. The van der Waals surface area contributed by atoms with E-state index < -0.39 is 10.0 Å². The third-order valence-electron chi connectivity index (χ3n) is 3.19. The van der Waals surface area contributed by atoms with Gasteiger partial charge < -0.3 is 5.11 Å². The maximum absolute atomic E-state index is 12.6. The maximum atomic E-state index is 12.6. The van der Waals surface area contributed by atoms with Gasteiger partial charge in [0, 0.05) is 17.6 Å². The van der Waals surface area contributed by atoms with Gasteiger partial charge in [-0.25, -0.2) is 8.42 Å². The van der Waals surface area contributed by atoms with Gasteiger partial charge in [-0.15, -0.1) is 0 Å². The number of sulfonamides is 1. The van der Waals surface area contributed by atoms with Gasteiger partial charge in [0.1, 0.15) is 0 Å². The van der Waals surface area contributed by atoms with Crippen LogP contribution in [0.15, 0.2) is 39.2 Å². The molecule has 0 aromatic heterocycles. The topological polar surface area (TPSA) is 57.6 Å². The predicted octanol–water partition coefficient (Wildman–Crippen LogP) is 2.28. The SMILES string of the molecule is CC1=CCN(S(=O)(=O)c2cc(CO)ccc2Br)CC1. The van der Waals surface area contributed by atoms with Crippen molar-refractivity contribution < 1.29 is 13.5 Å². The number of hydrogen-bond acceptors (Lipinski definition) is 3. The first-order valence-electron chi connectivity index (χ1n) is 6.00. The Balaban J connectivity index is 2.39. The summed E-state index contributed by atoms with van der Waals surface area (Å²) >= 11 is 3.27. The third-order valence-corrected chi connectivity index (χ3v) is 6.05. The zero-order chi connectivity index (χ0) is 14.0. The van der Waals surface area contributed by atoms with Crippen molar-refractivity contribution in [3.63, 3.8) is 0 Å². The van der Waals surface area contributed by atoms with Crippen LogP contribution in [0.3, 0.4) is 0 Å². The average Bonchev–Trinajstić information content (AvgIpc) is 2.39. The summed E-state index contributed by atoms with van der Waals surface area (Å²) in [6.07, 6.45) is 2.70. The Hall–Kier alpha value is -0.690. The second kappa shape index (κ2) is 5.75. The van der Waals surface area contributed by atoms with E-state index in [0.29, 0.717) is 23.1 Å². The predicted molar refractivity (Wildman–Crippen MR) is 77.2 cm³/mol. The Morgan fingerprint density at radius 1 is 1.42 bits per heavy atom. The summed E-state index contributed by atoms with van der Waals surface area (Å²) in [7, 11) is -3.52. The number of rotatable bonds is 3. The zero-order valence-corrected chi connectivity index (χ0v) is 13.0. The molecule has 0 fully saturated rings. The molecule has 2 rings (SSSR count). The summed E-state index contributed by atoms with van der Waals surface area (Å²) < 4.78 is 27.1. The van der Waals surface area contributed by atoms with E-state index in [1.807, 2.05) is 13.0 Å². The van der Waals surface area contributed by atoms with Crippen molar-refractivity contribution >= 4 is 26.0 Å². The standard InChI is InChI=1S/C13H16BrNO3S/c1-10-4-6-15(7-5-10)19(17,18)13-8-11(9-16)2-3-12(13)14/h2-4,8,16H,5-7,9H2,1H3. The summed E-state index contributed by atoms with van der Waals surface area (Å²) in [5, 5.41) is 9.13. The molecule has 1 aliphatic rings. The lowest BCUT2D eigenvalue weighted by molar-refractivity contribution is 0.281. The van der Waals surface area contributed by atoms with Crippen LogP contribution in [0.1, 0.15) is 18.9 Å². The molecule has 0 saturated carbocycles. The van der Waals surface area contributed by atoms with Crippen LogP contribution in [-0.2, 0) is 16.6 Å². The van der Waals surface area contributed by atoms with Crippen LogP contribution >= 0.6 is 15.9 Å². The minimum absolute atomic E-state index is 0.172. The lowest BCUT2D eigenvalue weighted by atomic mass is 10.1. The molecule has 1 heterocycles. The van der Waals surface area contributed by atoms with E-state index >= 15 is 0 Å². The van der Waals surface area contributed by atoms with E-state index in [2.05, 4.69) is 15.9 Å². The smallest absolute Gasteiger partial charge is 0.244 e. The lowest BCUT2D eigenvalue weighted by Gasteiger charge is -2.25. The van der Waals surface area contributed by atoms with Gasteiger partial charge in [0.25, 0.3) is 0 Å². The van der Waals surface area contributed by atoms with Crippen molar-refractivity contribution in [1.29, 1.82) is 0 Å².